The second-order valence-corrected chi connectivity index (χ2v) is 7.23. The van der Waals surface area contributed by atoms with Gasteiger partial charge in [-0.25, -0.2) is 0 Å². The lowest BCUT2D eigenvalue weighted by molar-refractivity contribution is 0.424. The lowest BCUT2D eigenvalue weighted by atomic mass is 9.80. The van der Waals surface area contributed by atoms with Gasteiger partial charge in [-0.15, -0.1) is 22.7 Å². The Morgan fingerprint density at radius 3 is 1.41 bits per heavy atom. The minimum absolute atomic E-state index is 0.469. The zero-order valence-electron chi connectivity index (χ0n) is 11.2. The van der Waals surface area contributed by atoms with E-state index in [-0.39, 0.29) is 0 Å². The van der Waals surface area contributed by atoms with Gasteiger partial charge in [-0.05, 0) is 23.1 Å². The topological polar surface area (TPSA) is 80.9 Å². The number of fused-ring (bicyclic) bond motifs is 5. The van der Waals surface area contributed by atoms with E-state index >= 15 is 0 Å². The van der Waals surface area contributed by atoms with Crippen molar-refractivity contribution in [1.82, 2.24) is 0 Å². The van der Waals surface area contributed by atoms with Gasteiger partial charge in [0.1, 0.15) is 0 Å². The third-order valence-corrected chi connectivity index (χ3v) is 6.26. The molecule has 22 heavy (non-hydrogen) atoms. The fourth-order valence-corrected chi connectivity index (χ4v) is 5.21. The molecule has 0 aliphatic rings. The van der Waals surface area contributed by atoms with Crippen LogP contribution in [0.5, 0.6) is 0 Å². The minimum atomic E-state index is -1.48. The number of benzene rings is 2. The molecule has 4 aromatic rings. The van der Waals surface area contributed by atoms with Crippen LogP contribution in [-0.2, 0) is 0 Å². The molecule has 4 N–H and O–H groups in total. The quantitative estimate of drug-likeness (QED) is 0.407. The normalized spacial score (nSPS) is 11.6. The summed E-state index contributed by atoms with van der Waals surface area (Å²) in [4.78, 5) is 0. The molecule has 0 unspecified atom stereocenters. The third-order valence-electron chi connectivity index (χ3n) is 3.72. The lowest BCUT2D eigenvalue weighted by Gasteiger charge is -1.99. The summed E-state index contributed by atoms with van der Waals surface area (Å²) in [5.74, 6) is 0. The SMILES string of the molecule is OB(O)c1ccc2sc3c4cc(B(O)O)ccc4sc3c2c1. The Balaban J connectivity index is 2.06. The second kappa shape index (κ2) is 5.06. The van der Waals surface area contributed by atoms with Crippen LogP contribution in [-0.4, -0.2) is 34.3 Å². The number of rotatable bonds is 2. The van der Waals surface area contributed by atoms with E-state index in [1.807, 2.05) is 12.1 Å². The van der Waals surface area contributed by atoms with Gasteiger partial charge in [0, 0.05) is 20.2 Å². The molecule has 0 aliphatic heterocycles. The third kappa shape index (κ3) is 2.08. The molecule has 108 valence electrons. The number of thiophene rings is 2. The first-order valence-electron chi connectivity index (χ1n) is 6.65. The monoisotopic (exact) mass is 328 g/mol. The minimum Gasteiger partial charge on any atom is -0.423 e. The molecular weight excluding hydrogens is 318 g/mol. The molecule has 4 rings (SSSR count). The van der Waals surface area contributed by atoms with E-state index < -0.39 is 14.2 Å². The average molecular weight is 328 g/mol. The van der Waals surface area contributed by atoms with Gasteiger partial charge in [0.05, 0.1) is 9.40 Å². The average Bonchev–Trinajstić information content (AvgIpc) is 3.01. The zero-order valence-corrected chi connectivity index (χ0v) is 12.9. The van der Waals surface area contributed by atoms with E-state index in [2.05, 4.69) is 0 Å². The van der Waals surface area contributed by atoms with E-state index in [1.54, 1.807) is 46.9 Å². The van der Waals surface area contributed by atoms with Crippen LogP contribution in [0.1, 0.15) is 0 Å². The zero-order chi connectivity index (χ0) is 15.4. The van der Waals surface area contributed by atoms with Crippen LogP contribution in [0.4, 0.5) is 0 Å². The molecular formula is C14H10B2O4S2. The maximum Gasteiger partial charge on any atom is 0.488 e. The van der Waals surface area contributed by atoms with Gasteiger partial charge in [-0.2, -0.15) is 0 Å². The number of hydrogen-bond donors (Lipinski definition) is 4. The van der Waals surface area contributed by atoms with Crippen LogP contribution < -0.4 is 10.9 Å². The highest BCUT2D eigenvalue weighted by molar-refractivity contribution is 7.36. The second-order valence-electron chi connectivity index (χ2n) is 5.12. The van der Waals surface area contributed by atoms with Crippen LogP contribution >= 0.6 is 22.7 Å². The first kappa shape index (κ1) is 14.2. The summed E-state index contributed by atoms with van der Waals surface area (Å²) in [7, 11) is -2.96. The Labute approximate surface area is 134 Å². The van der Waals surface area contributed by atoms with Crippen molar-refractivity contribution in [2.75, 3.05) is 0 Å². The van der Waals surface area contributed by atoms with Gasteiger partial charge >= 0.3 is 14.2 Å². The Morgan fingerprint density at radius 2 is 1.05 bits per heavy atom. The molecule has 8 heteroatoms. The number of hydrogen-bond acceptors (Lipinski definition) is 6. The molecule has 0 amide bonds. The summed E-state index contributed by atoms with van der Waals surface area (Å²) < 4.78 is 4.31. The highest BCUT2D eigenvalue weighted by Crippen LogP contribution is 2.43. The molecule has 0 radical (unpaired) electrons. The molecule has 0 bridgehead atoms. The summed E-state index contributed by atoms with van der Waals surface area (Å²) in [6.07, 6.45) is 0. The van der Waals surface area contributed by atoms with Crippen molar-refractivity contribution in [1.29, 1.82) is 0 Å². The molecule has 0 aliphatic carbocycles. The van der Waals surface area contributed by atoms with Gasteiger partial charge < -0.3 is 20.1 Å². The molecule has 0 atom stereocenters. The first-order valence-corrected chi connectivity index (χ1v) is 8.29. The van der Waals surface area contributed by atoms with Crippen molar-refractivity contribution >= 4 is 77.4 Å². The lowest BCUT2D eigenvalue weighted by Crippen LogP contribution is -2.29. The van der Waals surface area contributed by atoms with Gasteiger partial charge in [0.15, 0.2) is 0 Å². The summed E-state index contributed by atoms with van der Waals surface area (Å²) in [5.41, 5.74) is 0.937. The predicted molar refractivity (Wildman–Crippen MR) is 94.4 cm³/mol. The Kier molecular flexibility index (Phi) is 3.26. The summed E-state index contributed by atoms with van der Waals surface area (Å²) >= 11 is 3.25. The first-order chi connectivity index (χ1) is 10.5. The fourth-order valence-electron chi connectivity index (χ4n) is 2.62. The highest BCUT2D eigenvalue weighted by Gasteiger charge is 2.18. The maximum absolute atomic E-state index is 9.34. The summed E-state index contributed by atoms with van der Waals surface area (Å²) in [6, 6.07) is 10.8. The molecule has 2 aromatic carbocycles. The van der Waals surface area contributed by atoms with Crippen molar-refractivity contribution in [2.24, 2.45) is 0 Å². The van der Waals surface area contributed by atoms with Crippen LogP contribution in [0.25, 0.3) is 29.6 Å². The van der Waals surface area contributed by atoms with Gasteiger partial charge in [-0.1, -0.05) is 24.3 Å². The van der Waals surface area contributed by atoms with Crippen molar-refractivity contribution in [3.8, 4) is 0 Å². The van der Waals surface area contributed by atoms with Gasteiger partial charge in [0.2, 0.25) is 0 Å². The van der Waals surface area contributed by atoms with Gasteiger partial charge in [-0.3, -0.25) is 0 Å². The highest BCUT2D eigenvalue weighted by atomic mass is 32.1. The Hall–Kier alpha value is -1.41. The van der Waals surface area contributed by atoms with E-state index in [0.29, 0.717) is 10.9 Å². The van der Waals surface area contributed by atoms with Crippen LogP contribution in [0.3, 0.4) is 0 Å². The molecule has 0 saturated carbocycles. The van der Waals surface area contributed by atoms with Crippen molar-refractivity contribution in [3.63, 3.8) is 0 Å². The molecule has 2 heterocycles. The summed E-state index contributed by atoms with van der Waals surface area (Å²) in [6.45, 7) is 0. The van der Waals surface area contributed by atoms with Crippen molar-refractivity contribution < 1.29 is 20.1 Å². The standard InChI is InChI=1S/C14H10B2O4S2/c17-15(18)7-1-3-11-9(5-7)13-14(21-11)10-6-8(16(19)20)2-4-12(10)22-13/h1-6,17-20H. The van der Waals surface area contributed by atoms with Crippen molar-refractivity contribution in [3.05, 3.63) is 36.4 Å². The van der Waals surface area contributed by atoms with Crippen molar-refractivity contribution in [2.45, 2.75) is 0 Å². The van der Waals surface area contributed by atoms with E-state index in [0.717, 1.165) is 29.6 Å². The van der Waals surface area contributed by atoms with Crippen LogP contribution in [0.2, 0.25) is 0 Å². The Bertz CT molecular complexity index is 925. The van der Waals surface area contributed by atoms with Crippen LogP contribution in [0.15, 0.2) is 36.4 Å². The molecule has 0 fully saturated rings. The largest absolute Gasteiger partial charge is 0.488 e. The molecule has 4 nitrogen and oxygen atoms in total. The summed E-state index contributed by atoms with van der Waals surface area (Å²) in [5, 5.41) is 39.3. The predicted octanol–water partition coefficient (Wildman–Crippen LogP) is 0.629. The fraction of sp³-hybridized carbons (Fsp3) is 0. The van der Waals surface area contributed by atoms with E-state index in [9.17, 15) is 20.1 Å². The smallest absolute Gasteiger partial charge is 0.423 e. The van der Waals surface area contributed by atoms with E-state index in [1.165, 1.54) is 0 Å². The van der Waals surface area contributed by atoms with E-state index in [4.69, 9.17) is 0 Å². The molecule has 0 spiro atoms. The molecule has 2 aromatic heterocycles. The molecule has 0 saturated heterocycles. The maximum atomic E-state index is 9.34. The van der Waals surface area contributed by atoms with Crippen LogP contribution in [0, 0.1) is 0 Å². The van der Waals surface area contributed by atoms with Gasteiger partial charge in [0.25, 0.3) is 0 Å². The Morgan fingerprint density at radius 1 is 0.636 bits per heavy atom.